The predicted molar refractivity (Wildman–Crippen MR) is 104 cm³/mol. The number of carbonyl (C=O) groups is 1. The van der Waals surface area contributed by atoms with Crippen LogP contribution < -0.4 is 10.2 Å². The first-order valence-electron chi connectivity index (χ1n) is 9.26. The van der Waals surface area contributed by atoms with Crippen LogP contribution in [0.1, 0.15) is 28.8 Å². The molecule has 1 aliphatic heterocycles. The topological polar surface area (TPSA) is 94.1 Å². The Kier molecular flexibility index (Phi) is 5.02. The van der Waals surface area contributed by atoms with Crippen LogP contribution in [0.15, 0.2) is 42.9 Å². The van der Waals surface area contributed by atoms with Gasteiger partial charge in [0.15, 0.2) is 0 Å². The molecule has 0 spiro atoms. The minimum absolute atomic E-state index is 0.120. The van der Waals surface area contributed by atoms with Crippen LogP contribution >= 0.6 is 0 Å². The van der Waals surface area contributed by atoms with Crippen molar-refractivity contribution >= 4 is 22.8 Å². The van der Waals surface area contributed by atoms with Crippen molar-refractivity contribution < 1.29 is 9.90 Å². The first-order chi connectivity index (χ1) is 13.2. The van der Waals surface area contributed by atoms with Crippen molar-refractivity contribution in [1.82, 2.24) is 20.3 Å². The van der Waals surface area contributed by atoms with E-state index in [9.17, 15) is 4.79 Å². The van der Waals surface area contributed by atoms with Gasteiger partial charge in [0.1, 0.15) is 0 Å². The summed E-state index contributed by atoms with van der Waals surface area (Å²) in [6.07, 6.45) is 6.98. The summed E-state index contributed by atoms with van der Waals surface area (Å²) in [6, 6.07) is 8.36. The molecular formula is C20H23N5O2. The van der Waals surface area contributed by atoms with Crippen LogP contribution in [0, 0.1) is 5.92 Å². The number of nitrogens with one attached hydrogen (secondary N) is 2. The van der Waals surface area contributed by atoms with Gasteiger partial charge >= 0.3 is 5.97 Å². The molecule has 3 heterocycles. The van der Waals surface area contributed by atoms with E-state index in [-0.39, 0.29) is 5.56 Å². The van der Waals surface area contributed by atoms with Crippen molar-refractivity contribution in [2.75, 3.05) is 24.5 Å². The van der Waals surface area contributed by atoms with Crippen molar-refractivity contribution in [3.8, 4) is 0 Å². The van der Waals surface area contributed by atoms with Crippen LogP contribution in [-0.2, 0) is 6.54 Å². The fraction of sp³-hybridized carbons (Fsp3) is 0.350. The van der Waals surface area contributed by atoms with Gasteiger partial charge in [0.25, 0.3) is 0 Å². The highest BCUT2D eigenvalue weighted by Crippen LogP contribution is 2.21. The van der Waals surface area contributed by atoms with Crippen LogP contribution in [0.25, 0.3) is 10.9 Å². The molecule has 1 fully saturated rings. The maximum Gasteiger partial charge on any atom is 0.338 e. The number of anilines is 1. The van der Waals surface area contributed by atoms with E-state index < -0.39 is 5.97 Å². The van der Waals surface area contributed by atoms with Gasteiger partial charge in [-0.3, -0.25) is 0 Å². The number of aromatic carboxylic acids is 1. The lowest BCUT2D eigenvalue weighted by molar-refractivity contribution is 0.0696. The number of hydrogen-bond donors (Lipinski definition) is 3. The molecule has 2 aromatic heterocycles. The highest BCUT2D eigenvalue weighted by molar-refractivity contribution is 5.86. The number of piperidine rings is 1. The average molecular weight is 365 g/mol. The minimum atomic E-state index is -0.999. The van der Waals surface area contributed by atoms with E-state index in [4.69, 9.17) is 5.11 Å². The van der Waals surface area contributed by atoms with Crippen molar-refractivity contribution in [1.29, 1.82) is 0 Å². The van der Waals surface area contributed by atoms with Gasteiger partial charge in [0.2, 0.25) is 5.95 Å². The van der Waals surface area contributed by atoms with E-state index in [1.54, 1.807) is 0 Å². The molecule has 27 heavy (non-hydrogen) atoms. The van der Waals surface area contributed by atoms with Gasteiger partial charge < -0.3 is 20.3 Å². The van der Waals surface area contributed by atoms with Crippen molar-refractivity contribution in [2.45, 2.75) is 19.4 Å². The van der Waals surface area contributed by atoms with E-state index in [0.717, 1.165) is 39.0 Å². The lowest BCUT2D eigenvalue weighted by atomic mass is 9.97. The first-order valence-corrected chi connectivity index (χ1v) is 9.26. The van der Waals surface area contributed by atoms with Crippen LogP contribution in [0.4, 0.5) is 5.95 Å². The molecule has 0 bridgehead atoms. The summed E-state index contributed by atoms with van der Waals surface area (Å²) in [4.78, 5) is 24.7. The fourth-order valence-electron chi connectivity index (χ4n) is 3.62. The number of aromatic nitrogens is 3. The number of H-pyrrole nitrogens is 1. The van der Waals surface area contributed by atoms with E-state index in [0.29, 0.717) is 11.9 Å². The third kappa shape index (κ3) is 3.93. The molecule has 4 rings (SSSR count). The Labute approximate surface area is 157 Å². The molecule has 7 nitrogen and oxygen atoms in total. The monoisotopic (exact) mass is 365 g/mol. The molecule has 0 unspecified atom stereocenters. The molecule has 0 amide bonds. The minimum Gasteiger partial charge on any atom is -0.478 e. The van der Waals surface area contributed by atoms with Gasteiger partial charge in [-0.05, 0) is 36.9 Å². The summed E-state index contributed by atoms with van der Waals surface area (Å²) in [6.45, 7) is 3.65. The van der Waals surface area contributed by atoms with Gasteiger partial charge in [-0.15, -0.1) is 0 Å². The van der Waals surface area contributed by atoms with Crippen molar-refractivity contribution in [3.63, 3.8) is 0 Å². The number of hydrogen-bond acceptors (Lipinski definition) is 5. The quantitative estimate of drug-likeness (QED) is 0.622. The van der Waals surface area contributed by atoms with Gasteiger partial charge in [-0.1, -0.05) is 18.2 Å². The summed E-state index contributed by atoms with van der Waals surface area (Å²) in [7, 11) is 0. The number of carboxylic acid groups (broad SMARTS) is 1. The lowest BCUT2D eigenvalue weighted by Crippen LogP contribution is -2.38. The molecule has 3 N–H and O–H groups in total. The number of aromatic amines is 1. The van der Waals surface area contributed by atoms with Crippen molar-refractivity contribution in [3.05, 3.63) is 54.0 Å². The van der Waals surface area contributed by atoms with Gasteiger partial charge in [0, 0.05) is 49.1 Å². The van der Waals surface area contributed by atoms with Crippen LogP contribution in [0.3, 0.4) is 0 Å². The maximum atomic E-state index is 10.9. The van der Waals surface area contributed by atoms with Crippen molar-refractivity contribution in [2.24, 2.45) is 5.92 Å². The van der Waals surface area contributed by atoms with E-state index in [1.807, 2.05) is 6.07 Å². The third-order valence-electron chi connectivity index (χ3n) is 5.21. The molecule has 1 aliphatic rings. The number of benzene rings is 1. The molecular weight excluding hydrogens is 342 g/mol. The summed E-state index contributed by atoms with van der Waals surface area (Å²) in [5, 5.41) is 13.8. The largest absolute Gasteiger partial charge is 0.478 e. The Bertz CT molecular complexity index is 914. The Morgan fingerprint density at radius 2 is 1.96 bits per heavy atom. The SMILES string of the molecule is O=C(O)c1cnc(N2CCC(CNCc3c[nH]c4ccccc34)CC2)nc1. The normalized spacial score (nSPS) is 15.3. The van der Waals surface area contributed by atoms with E-state index >= 15 is 0 Å². The fourth-order valence-corrected chi connectivity index (χ4v) is 3.62. The zero-order valence-electron chi connectivity index (χ0n) is 15.1. The number of nitrogens with zero attached hydrogens (tertiary/aromatic N) is 3. The van der Waals surface area contributed by atoms with E-state index in [1.165, 1.54) is 28.9 Å². The number of para-hydroxylation sites is 1. The Hall–Kier alpha value is -2.93. The summed E-state index contributed by atoms with van der Waals surface area (Å²) in [5.74, 6) is 0.247. The third-order valence-corrected chi connectivity index (χ3v) is 5.21. The van der Waals surface area contributed by atoms with Gasteiger partial charge in [-0.25, -0.2) is 14.8 Å². The second-order valence-corrected chi connectivity index (χ2v) is 7.00. The molecule has 1 aromatic carbocycles. The summed E-state index contributed by atoms with van der Waals surface area (Å²) in [5.41, 5.74) is 2.60. The van der Waals surface area contributed by atoms with Crippen LogP contribution in [0.2, 0.25) is 0 Å². The molecule has 0 aliphatic carbocycles. The zero-order valence-corrected chi connectivity index (χ0v) is 15.1. The Morgan fingerprint density at radius 3 is 2.70 bits per heavy atom. The molecule has 0 radical (unpaired) electrons. The number of carboxylic acids is 1. The lowest BCUT2D eigenvalue weighted by Gasteiger charge is -2.32. The van der Waals surface area contributed by atoms with E-state index in [2.05, 4.69) is 49.6 Å². The number of rotatable bonds is 6. The highest BCUT2D eigenvalue weighted by Gasteiger charge is 2.21. The Balaban J connectivity index is 1.25. The molecule has 7 heteroatoms. The molecule has 0 saturated carbocycles. The first kappa shape index (κ1) is 17.5. The van der Waals surface area contributed by atoms with Crippen LogP contribution in [0.5, 0.6) is 0 Å². The summed E-state index contributed by atoms with van der Waals surface area (Å²) < 4.78 is 0. The highest BCUT2D eigenvalue weighted by atomic mass is 16.4. The smallest absolute Gasteiger partial charge is 0.338 e. The molecule has 3 aromatic rings. The summed E-state index contributed by atoms with van der Waals surface area (Å²) >= 11 is 0. The maximum absolute atomic E-state index is 10.9. The van der Waals surface area contributed by atoms with Crippen LogP contribution in [-0.4, -0.2) is 45.7 Å². The second-order valence-electron chi connectivity index (χ2n) is 7.00. The second kappa shape index (κ2) is 7.75. The number of fused-ring (bicyclic) bond motifs is 1. The molecule has 1 saturated heterocycles. The van der Waals surface area contributed by atoms with Gasteiger partial charge in [0.05, 0.1) is 5.56 Å². The predicted octanol–water partition coefficient (Wildman–Crippen LogP) is 2.66. The Morgan fingerprint density at radius 1 is 1.22 bits per heavy atom. The molecule has 0 atom stereocenters. The average Bonchev–Trinajstić information content (AvgIpc) is 3.12. The zero-order chi connectivity index (χ0) is 18.6. The molecule has 140 valence electrons. The standard InChI is InChI=1S/C20H23N5O2/c26-19(27)16-12-23-20(24-13-16)25-7-5-14(6-8-25)9-21-10-15-11-22-18-4-2-1-3-17(15)18/h1-4,11-14,21-22H,5-10H2,(H,26,27). The van der Waals surface area contributed by atoms with Gasteiger partial charge in [-0.2, -0.15) is 0 Å².